The number of piperidine rings is 1. The number of hydrogen-bond acceptors (Lipinski definition) is 14. The molecule has 3 fully saturated rings. The lowest BCUT2D eigenvalue weighted by Gasteiger charge is -2.42. The van der Waals surface area contributed by atoms with Crippen LogP contribution in [0.15, 0.2) is 72.9 Å². The van der Waals surface area contributed by atoms with Crippen LogP contribution in [0.4, 0.5) is 5.69 Å². The van der Waals surface area contributed by atoms with Crippen molar-refractivity contribution >= 4 is 70.6 Å². The van der Waals surface area contributed by atoms with Gasteiger partial charge >= 0.3 is 11.9 Å². The lowest BCUT2D eigenvalue weighted by Crippen LogP contribution is -2.65. The first-order chi connectivity index (χ1) is 33.7. The molecule has 3 aromatic rings. The van der Waals surface area contributed by atoms with Crippen LogP contribution in [-0.4, -0.2) is 165 Å². The van der Waals surface area contributed by atoms with E-state index in [0.29, 0.717) is 12.0 Å². The Bertz CT molecular complexity index is 2490. The van der Waals surface area contributed by atoms with Crippen LogP contribution < -0.4 is 20.9 Å². The molecule has 2 aromatic carbocycles. The monoisotopic (exact) mass is 998 g/mol. The average Bonchev–Trinajstić information content (AvgIpc) is 3.84. The highest BCUT2D eigenvalue weighted by Gasteiger charge is 2.49. The SMILES string of the molecule is CCC1(C)NC(=O)[C@@H](NC(=O)c2ncccc2O)[C@@H](C)OC(=O)[C@H](c2ccccc2)NC(=O)[C@@H]2CC(=O)C(CSCCC(=O)O)CN2C(=O)[C@H](Cc2ccc(N(C)C)cc2)N(C)C(=O)[C@@H]2CCCN2C1=O. The molecule has 3 saturated heterocycles. The minimum atomic E-state index is -1.75. The van der Waals surface area contributed by atoms with Gasteiger partial charge in [-0.3, -0.25) is 38.4 Å². The van der Waals surface area contributed by atoms with Gasteiger partial charge < -0.3 is 50.5 Å². The van der Waals surface area contributed by atoms with Crippen molar-refractivity contribution in [1.29, 1.82) is 0 Å². The Morgan fingerprint density at radius 2 is 1.65 bits per heavy atom. The summed E-state index contributed by atoms with van der Waals surface area (Å²) in [6, 6.07) is 10.6. The number of rotatable bonds is 12. The zero-order valence-electron chi connectivity index (χ0n) is 40.7. The molecule has 71 heavy (non-hydrogen) atoms. The maximum Gasteiger partial charge on any atom is 0.333 e. The van der Waals surface area contributed by atoms with Crippen LogP contribution in [0.1, 0.15) is 80.5 Å². The van der Waals surface area contributed by atoms with Crippen LogP contribution in [0.25, 0.3) is 0 Å². The van der Waals surface area contributed by atoms with Crippen molar-refractivity contribution in [2.75, 3.05) is 50.6 Å². The fourth-order valence-electron chi connectivity index (χ4n) is 8.95. The highest BCUT2D eigenvalue weighted by molar-refractivity contribution is 7.99. The number of fused-ring (bicyclic) bond motifs is 2. The summed E-state index contributed by atoms with van der Waals surface area (Å²) in [6.07, 6.45) is -0.391. The largest absolute Gasteiger partial charge is 0.505 e. The number of anilines is 1. The first-order valence-electron chi connectivity index (χ1n) is 23.5. The minimum absolute atomic E-state index is 0.00230. The third kappa shape index (κ3) is 12.5. The number of aliphatic carboxylic acids is 1. The van der Waals surface area contributed by atoms with Gasteiger partial charge in [-0.25, -0.2) is 9.78 Å². The molecule has 3 aliphatic heterocycles. The zero-order valence-corrected chi connectivity index (χ0v) is 41.5. The van der Waals surface area contributed by atoms with Gasteiger partial charge in [-0.2, -0.15) is 11.8 Å². The molecule has 4 heterocycles. The maximum absolute atomic E-state index is 15.5. The predicted molar refractivity (Wildman–Crippen MR) is 261 cm³/mol. The first kappa shape index (κ1) is 53.3. The predicted octanol–water partition coefficient (Wildman–Crippen LogP) is 2.09. The van der Waals surface area contributed by atoms with E-state index in [9.17, 15) is 43.8 Å². The third-order valence-electron chi connectivity index (χ3n) is 13.4. The van der Waals surface area contributed by atoms with Gasteiger partial charge in [0.2, 0.25) is 29.5 Å². The molecule has 5 N–H and O–H groups in total. The molecular weight excluding hydrogens is 937 g/mol. The lowest BCUT2D eigenvalue weighted by atomic mass is 9.90. The molecule has 0 radical (unpaired) electrons. The summed E-state index contributed by atoms with van der Waals surface area (Å²) in [6.45, 7) is 4.27. The minimum Gasteiger partial charge on any atom is -0.505 e. The summed E-state index contributed by atoms with van der Waals surface area (Å²) in [5.41, 5.74) is -0.423. The first-order valence-corrected chi connectivity index (χ1v) is 24.7. The van der Waals surface area contributed by atoms with Crippen molar-refractivity contribution in [3.63, 3.8) is 0 Å². The summed E-state index contributed by atoms with van der Waals surface area (Å²) < 4.78 is 5.93. The molecule has 0 bridgehead atoms. The number of Topliss-reactive ketones (excluding diaryl/α,β-unsaturated/α-hetero) is 1. The van der Waals surface area contributed by atoms with E-state index in [1.165, 1.54) is 77.8 Å². The number of cyclic esters (lactones) is 1. The van der Waals surface area contributed by atoms with Crippen LogP contribution in [-0.2, 0) is 49.5 Å². The van der Waals surface area contributed by atoms with Crippen molar-refractivity contribution in [3.05, 3.63) is 89.7 Å². The number of pyridine rings is 1. The second-order valence-corrected chi connectivity index (χ2v) is 19.6. The van der Waals surface area contributed by atoms with Gasteiger partial charge in [0.05, 0.1) is 6.42 Å². The van der Waals surface area contributed by atoms with Crippen molar-refractivity contribution in [2.45, 2.75) is 101 Å². The molecular formula is C50H62N8O12S. The molecule has 2 unspecified atom stereocenters. The number of carbonyl (C=O) groups is 9. The van der Waals surface area contributed by atoms with Gasteiger partial charge in [-0.1, -0.05) is 49.4 Å². The number of likely N-dealkylation sites (N-methyl/N-ethyl adjacent to an activating group) is 1. The third-order valence-corrected chi connectivity index (χ3v) is 14.5. The Balaban J connectivity index is 1.48. The number of nitrogens with zero attached hydrogens (tertiary/aromatic N) is 5. The molecule has 0 aliphatic carbocycles. The molecule has 21 heteroatoms. The molecule has 1 aromatic heterocycles. The van der Waals surface area contributed by atoms with E-state index in [4.69, 9.17) is 4.74 Å². The molecule has 0 spiro atoms. The quantitative estimate of drug-likeness (QED) is 0.129. The van der Waals surface area contributed by atoms with Gasteiger partial charge in [0.1, 0.15) is 47.3 Å². The van der Waals surface area contributed by atoms with Gasteiger partial charge in [0, 0.05) is 76.4 Å². The number of carboxylic acids is 1. The summed E-state index contributed by atoms with van der Waals surface area (Å²) in [5.74, 6) is -8.35. The van der Waals surface area contributed by atoms with Crippen molar-refractivity contribution in [2.24, 2.45) is 5.92 Å². The second kappa shape index (κ2) is 23.3. The van der Waals surface area contributed by atoms with E-state index < -0.39 is 113 Å². The molecule has 380 valence electrons. The van der Waals surface area contributed by atoms with E-state index in [-0.39, 0.29) is 61.6 Å². The number of aromatic hydroxyl groups is 1. The number of aromatic nitrogens is 1. The van der Waals surface area contributed by atoms with Crippen LogP contribution in [0.2, 0.25) is 0 Å². The van der Waals surface area contributed by atoms with Gasteiger partial charge in [0.15, 0.2) is 11.7 Å². The molecule has 6 rings (SSSR count). The number of nitrogens with one attached hydrogen (secondary N) is 3. The standard InChI is InChI=1S/C50H62N8O12S/c1-7-50(3)49(69)57-23-12-15-34(57)46(66)56(6)36(25-30-17-19-33(20-18-30)55(4)5)47(67)58-27-32(28-71-24-21-39(61)62)38(60)26-35(58)43(63)53-41(31-13-9-8-10-14-31)48(68)70-29(2)40(45(65)54-50)52-44(64)42-37(59)16-11-22-51-42/h8-11,13-14,16-20,22,29,32,34-36,40-41,59H,7,12,15,21,23-28H2,1-6H3,(H,52,64)(H,53,63)(H,54,65)(H,61,62)/t29-,32?,34+,35+,36+,40+,41+,50?/m1/s1. The number of hydrogen-bond donors (Lipinski definition) is 5. The number of benzene rings is 2. The second-order valence-electron chi connectivity index (χ2n) is 18.5. The number of carbonyl (C=O) groups excluding carboxylic acids is 8. The van der Waals surface area contributed by atoms with Crippen LogP contribution in [0.5, 0.6) is 5.75 Å². The fraction of sp³-hybridized carbons (Fsp3) is 0.480. The Hall–Kier alpha value is -7.03. The fourth-order valence-corrected chi connectivity index (χ4v) is 10.0. The van der Waals surface area contributed by atoms with E-state index in [2.05, 4.69) is 20.9 Å². The van der Waals surface area contributed by atoms with Crippen molar-refractivity contribution < 1.29 is 58.1 Å². The van der Waals surface area contributed by atoms with E-state index in [1.54, 1.807) is 25.1 Å². The van der Waals surface area contributed by atoms with Crippen LogP contribution >= 0.6 is 11.8 Å². The molecule has 6 amide bonds. The highest BCUT2D eigenvalue weighted by Crippen LogP contribution is 2.30. The van der Waals surface area contributed by atoms with E-state index >= 15 is 9.59 Å². The summed E-state index contributed by atoms with van der Waals surface area (Å²) in [7, 11) is 5.19. The number of thioether (sulfide) groups is 1. The number of amides is 6. The van der Waals surface area contributed by atoms with Gasteiger partial charge in [-0.15, -0.1) is 0 Å². The molecule has 20 nitrogen and oxygen atoms in total. The molecule has 0 saturated carbocycles. The normalized spacial score (nSPS) is 26.0. The Labute approximate surface area is 416 Å². The van der Waals surface area contributed by atoms with Gasteiger partial charge in [-0.05, 0) is 68.5 Å². The van der Waals surface area contributed by atoms with E-state index in [1.807, 2.05) is 43.3 Å². The molecule has 3 aliphatic rings. The Morgan fingerprint density at radius 3 is 2.30 bits per heavy atom. The number of ketones is 1. The maximum atomic E-state index is 15.5. The van der Waals surface area contributed by atoms with Crippen molar-refractivity contribution in [1.82, 2.24) is 35.6 Å². The summed E-state index contributed by atoms with van der Waals surface area (Å²) in [4.78, 5) is 138. The number of esters is 1. The topological polar surface area (TPSA) is 265 Å². The zero-order chi connectivity index (χ0) is 51.7. The van der Waals surface area contributed by atoms with Gasteiger partial charge in [0.25, 0.3) is 5.91 Å². The lowest BCUT2D eigenvalue weighted by molar-refractivity contribution is -0.157. The van der Waals surface area contributed by atoms with Crippen LogP contribution in [0, 0.1) is 5.92 Å². The highest BCUT2D eigenvalue weighted by atomic mass is 32.2. The average molecular weight is 999 g/mol. The number of carboxylic acid groups (broad SMARTS) is 1. The van der Waals surface area contributed by atoms with E-state index in [0.717, 1.165) is 5.69 Å². The smallest absolute Gasteiger partial charge is 0.333 e. The summed E-state index contributed by atoms with van der Waals surface area (Å²) in [5, 5.41) is 27.7. The van der Waals surface area contributed by atoms with Crippen molar-refractivity contribution in [3.8, 4) is 5.75 Å². The molecule has 8 atom stereocenters. The number of ether oxygens (including phenoxy) is 1. The summed E-state index contributed by atoms with van der Waals surface area (Å²) >= 11 is 1.21. The van der Waals surface area contributed by atoms with Crippen LogP contribution in [0.3, 0.4) is 0 Å². The Kier molecular flexibility index (Phi) is 17.5. The Morgan fingerprint density at radius 1 is 0.944 bits per heavy atom.